The van der Waals surface area contributed by atoms with Crippen molar-refractivity contribution in [1.29, 1.82) is 0 Å². The molecule has 30 heavy (non-hydrogen) atoms. The van der Waals surface area contributed by atoms with E-state index >= 15 is 0 Å². The Hall–Kier alpha value is -3.76. The summed E-state index contributed by atoms with van der Waals surface area (Å²) in [5, 5.41) is 10.8. The molecule has 0 aliphatic heterocycles. The molecule has 11 heteroatoms. The highest BCUT2D eigenvalue weighted by atomic mass is 19.4. The molecule has 0 unspecified atom stereocenters. The van der Waals surface area contributed by atoms with Gasteiger partial charge in [0.15, 0.2) is 5.82 Å². The summed E-state index contributed by atoms with van der Waals surface area (Å²) in [4.78, 5) is 20.7. The van der Waals surface area contributed by atoms with E-state index < -0.39 is 28.3 Å². The van der Waals surface area contributed by atoms with E-state index in [1.165, 1.54) is 60.3 Å². The average Bonchev–Trinajstić information content (AvgIpc) is 2.72. The maximum absolute atomic E-state index is 13.5. The first-order chi connectivity index (χ1) is 14.1. The number of hydrogen-bond acceptors (Lipinski definition) is 6. The Bertz CT molecular complexity index is 1060. The van der Waals surface area contributed by atoms with Gasteiger partial charge in [-0.05, 0) is 36.4 Å². The van der Waals surface area contributed by atoms with Gasteiger partial charge < -0.3 is 9.80 Å². The lowest BCUT2D eigenvalue weighted by Crippen LogP contribution is -2.21. The van der Waals surface area contributed by atoms with Crippen LogP contribution in [0.1, 0.15) is 5.56 Å². The number of nitrogens with zero attached hydrogens (tertiary/aromatic N) is 5. The zero-order valence-electron chi connectivity index (χ0n) is 15.8. The molecule has 7 nitrogen and oxygen atoms in total. The largest absolute Gasteiger partial charge is 0.421 e. The highest BCUT2D eigenvalue weighted by Gasteiger charge is 2.37. The second kappa shape index (κ2) is 7.93. The van der Waals surface area contributed by atoms with Gasteiger partial charge in [-0.1, -0.05) is 0 Å². The van der Waals surface area contributed by atoms with Gasteiger partial charge in [0.2, 0.25) is 5.95 Å². The molecule has 0 aliphatic carbocycles. The highest BCUT2D eigenvalue weighted by molar-refractivity contribution is 5.66. The molecule has 3 aromatic rings. The number of rotatable bonds is 5. The lowest BCUT2D eigenvalue weighted by Gasteiger charge is -2.25. The van der Waals surface area contributed by atoms with Crippen molar-refractivity contribution in [2.45, 2.75) is 6.18 Å². The van der Waals surface area contributed by atoms with Crippen LogP contribution in [0.5, 0.6) is 0 Å². The van der Waals surface area contributed by atoms with E-state index in [0.29, 0.717) is 17.6 Å². The van der Waals surface area contributed by atoms with Gasteiger partial charge in [0.05, 0.1) is 4.92 Å². The molecule has 0 bridgehead atoms. The van der Waals surface area contributed by atoms with Gasteiger partial charge in [0.1, 0.15) is 11.4 Å². The zero-order chi connectivity index (χ0) is 22.1. The summed E-state index contributed by atoms with van der Waals surface area (Å²) in [6.07, 6.45) is -4.05. The predicted molar refractivity (Wildman–Crippen MR) is 103 cm³/mol. The van der Waals surface area contributed by atoms with E-state index in [9.17, 15) is 27.7 Å². The first-order valence-corrected chi connectivity index (χ1v) is 8.49. The fourth-order valence-electron chi connectivity index (χ4n) is 2.68. The van der Waals surface area contributed by atoms with Crippen LogP contribution in [0.2, 0.25) is 0 Å². The molecule has 0 amide bonds. The molecule has 0 atom stereocenters. The first-order valence-electron chi connectivity index (χ1n) is 8.49. The minimum absolute atomic E-state index is 0.0548. The minimum atomic E-state index is -4.71. The average molecular weight is 421 g/mol. The van der Waals surface area contributed by atoms with Crippen molar-refractivity contribution in [2.75, 3.05) is 23.9 Å². The summed E-state index contributed by atoms with van der Waals surface area (Å²) in [6, 6.07) is 10.3. The molecule has 0 radical (unpaired) electrons. The smallest absolute Gasteiger partial charge is 0.329 e. The molecule has 0 fully saturated rings. The summed E-state index contributed by atoms with van der Waals surface area (Å²) in [6.45, 7) is 0. The van der Waals surface area contributed by atoms with Crippen molar-refractivity contribution in [2.24, 2.45) is 0 Å². The van der Waals surface area contributed by atoms with Gasteiger partial charge >= 0.3 is 6.18 Å². The van der Waals surface area contributed by atoms with Crippen molar-refractivity contribution < 1.29 is 22.5 Å². The van der Waals surface area contributed by atoms with E-state index in [0.717, 1.165) is 12.1 Å². The van der Waals surface area contributed by atoms with Crippen molar-refractivity contribution in [3.05, 3.63) is 76.2 Å². The molecule has 0 spiro atoms. The van der Waals surface area contributed by atoms with Crippen LogP contribution in [-0.2, 0) is 6.18 Å². The third-order valence-electron chi connectivity index (χ3n) is 4.34. The van der Waals surface area contributed by atoms with Crippen molar-refractivity contribution in [1.82, 2.24) is 9.97 Å². The number of anilines is 4. The fourth-order valence-corrected chi connectivity index (χ4v) is 2.68. The predicted octanol–water partition coefficient (Wildman–Crippen LogP) is 5.08. The lowest BCUT2D eigenvalue weighted by molar-refractivity contribution is -0.384. The molecule has 1 aromatic heterocycles. The fraction of sp³-hybridized carbons (Fsp3) is 0.158. The van der Waals surface area contributed by atoms with E-state index in [1.807, 2.05) is 0 Å². The quantitative estimate of drug-likeness (QED) is 0.325. The van der Waals surface area contributed by atoms with Crippen LogP contribution in [0.4, 0.5) is 46.4 Å². The number of hydrogen-bond donors (Lipinski definition) is 0. The van der Waals surface area contributed by atoms with Crippen LogP contribution < -0.4 is 9.80 Å². The van der Waals surface area contributed by atoms with Gasteiger partial charge in [-0.25, -0.2) is 9.37 Å². The van der Waals surface area contributed by atoms with E-state index in [4.69, 9.17) is 0 Å². The standard InChI is InChI=1S/C19H15F4N5O2/c1-26(13-5-3-12(20)4-6-13)17-16(19(21,22)23)11-24-18(25-17)27(2)14-7-9-15(10-8-14)28(29)30/h3-11H,1-2H3. The SMILES string of the molecule is CN(c1ccc([N+](=O)[O-])cc1)c1ncc(C(F)(F)F)c(N(C)c2ccc(F)cc2)n1. The number of nitro groups is 1. The number of benzene rings is 2. The Labute approximate surface area is 168 Å². The van der Waals surface area contributed by atoms with Crippen LogP contribution in [0, 0.1) is 15.9 Å². The van der Waals surface area contributed by atoms with Gasteiger partial charge in [0.25, 0.3) is 5.69 Å². The summed E-state index contributed by atoms with van der Waals surface area (Å²) >= 11 is 0. The Balaban J connectivity index is 2.03. The van der Waals surface area contributed by atoms with Crippen LogP contribution in [0.25, 0.3) is 0 Å². The third-order valence-corrected chi connectivity index (χ3v) is 4.34. The minimum Gasteiger partial charge on any atom is -0.329 e. The molecule has 0 N–H and O–H groups in total. The Morgan fingerprint density at radius 3 is 2.00 bits per heavy atom. The van der Waals surface area contributed by atoms with Gasteiger partial charge in [-0.2, -0.15) is 18.2 Å². The summed E-state index contributed by atoms with van der Waals surface area (Å²) in [7, 11) is 2.89. The van der Waals surface area contributed by atoms with Crippen LogP contribution >= 0.6 is 0 Å². The Kier molecular flexibility index (Phi) is 5.54. The monoisotopic (exact) mass is 421 g/mol. The number of aromatic nitrogens is 2. The second-order valence-corrected chi connectivity index (χ2v) is 6.27. The van der Waals surface area contributed by atoms with Crippen LogP contribution in [-0.4, -0.2) is 29.0 Å². The molecule has 1 heterocycles. The molecular weight excluding hydrogens is 406 g/mol. The number of non-ortho nitro benzene ring substituents is 1. The van der Waals surface area contributed by atoms with Gasteiger partial charge in [-0.15, -0.1) is 0 Å². The van der Waals surface area contributed by atoms with E-state index in [2.05, 4.69) is 9.97 Å². The van der Waals surface area contributed by atoms with Gasteiger partial charge in [0, 0.05) is 43.8 Å². The van der Waals surface area contributed by atoms with Crippen molar-refractivity contribution >= 4 is 28.8 Å². The topological polar surface area (TPSA) is 75.4 Å². The molecule has 2 aromatic carbocycles. The summed E-state index contributed by atoms with van der Waals surface area (Å²) in [5.41, 5.74) is -0.451. The first kappa shape index (κ1) is 21.0. The molecule has 3 rings (SSSR count). The maximum atomic E-state index is 13.5. The van der Waals surface area contributed by atoms with Crippen molar-refractivity contribution in [3.63, 3.8) is 0 Å². The maximum Gasteiger partial charge on any atom is 0.421 e. The second-order valence-electron chi connectivity index (χ2n) is 6.27. The summed E-state index contributed by atoms with van der Waals surface area (Å²) < 4.78 is 53.7. The highest BCUT2D eigenvalue weighted by Crippen LogP contribution is 2.38. The van der Waals surface area contributed by atoms with Crippen LogP contribution in [0.3, 0.4) is 0 Å². The van der Waals surface area contributed by atoms with Crippen LogP contribution in [0.15, 0.2) is 54.7 Å². The zero-order valence-corrected chi connectivity index (χ0v) is 15.8. The number of halogens is 4. The van der Waals surface area contributed by atoms with Gasteiger partial charge in [-0.3, -0.25) is 10.1 Å². The molecular formula is C19H15F4N5O2. The van der Waals surface area contributed by atoms with E-state index in [-0.39, 0.29) is 11.6 Å². The molecule has 0 aliphatic rings. The van der Waals surface area contributed by atoms with E-state index in [1.54, 1.807) is 0 Å². The molecule has 156 valence electrons. The third kappa shape index (κ3) is 4.29. The molecule has 0 saturated carbocycles. The Morgan fingerprint density at radius 1 is 0.933 bits per heavy atom. The Morgan fingerprint density at radius 2 is 1.47 bits per heavy atom. The van der Waals surface area contributed by atoms with Crippen molar-refractivity contribution in [3.8, 4) is 0 Å². The summed E-state index contributed by atoms with van der Waals surface area (Å²) in [5.74, 6) is -1.00. The lowest BCUT2D eigenvalue weighted by atomic mass is 10.2. The normalized spacial score (nSPS) is 11.3. The number of alkyl halides is 3. The number of nitro benzene ring substituents is 1. The molecule has 0 saturated heterocycles.